The van der Waals surface area contributed by atoms with Crippen LogP contribution in [0.1, 0.15) is 5.82 Å². The molecular weight excluding hydrogens is 604 g/mol. The van der Waals surface area contributed by atoms with E-state index in [0.29, 0.717) is 33.1 Å². The zero-order chi connectivity index (χ0) is 22.1. The van der Waals surface area contributed by atoms with E-state index in [0.717, 1.165) is 14.8 Å². The summed E-state index contributed by atoms with van der Waals surface area (Å²) in [5.41, 5.74) is 3.71. The van der Waals surface area contributed by atoms with Crippen molar-refractivity contribution in [3.8, 4) is 16.9 Å². The predicted molar refractivity (Wildman–Crippen MR) is 137 cm³/mol. The molecule has 2 heterocycles. The van der Waals surface area contributed by atoms with Crippen molar-refractivity contribution in [1.82, 2.24) is 18.7 Å². The number of rotatable bonds is 4. The van der Waals surface area contributed by atoms with Gasteiger partial charge in [0.25, 0.3) is 0 Å². The third-order valence-corrected chi connectivity index (χ3v) is 6.77. The quantitative estimate of drug-likeness (QED) is 0.164. The SMILES string of the molecule is O=c1c2cc(I)ccc2nc(C=Nc2ccc(Cl)cc2)n1-c1ccc(-c2c[se]nn2)cc1. The Bertz CT molecular complexity index is 1500. The molecular formula is C23H13ClIN5OSe. The molecule has 0 spiro atoms. The summed E-state index contributed by atoms with van der Waals surface area (Å²) in [6, 6.07) is 20.4. The molecule has 32 heavy (non-hydrogen) atoms. The van der Waals surface area contributed by atoms with Gasteiger partial charge in [0.1, 0.15) is 0 Å². The molecule has 2 aromatic heterocycles. The van der Waals surface area contributed by atoms with Gasteiger partial charge in [-0.2, -0.15) is 0 Å². The number of benzene rings is 3. The Kier molecular flexibility index (Phi) is 6.01. The molecule has 0 N–H and O–H groups in total. The van der Waals surface area contributed by atoms with E-state index in [2.05, 4.69) is 36.8 Å². The normalized spacial score (nSPS) is 11.4. The standard InChI is InChI=1S/C23H13ClIN5OSe/c24-15-3-6-17(7-4-15)26-12-22-27-20-10-5-16(25)11-19(20)23(31)30(22)18-8-1-14(2-9-18)21-13-32-29-28-21/h1-13H. The topological polar surface area (TPSA) is 73.0 Å². The van der Waals surface area contributed by atoms with Gasteiger partial charge in [-0.05, 0) is 12.1 Å². The Morgan fingerprint density at radius 1 is 1.03 bits per heavy atom. The van der Waals surface area contributed by atoms with Gasteiger partial charge in [-0.25, -0.2) is 0 Å². The van der Waals surface area contributed by atoms with Crippen LogP contribution in [-0.2, 0) is 0 Å². The van der Waals surface area contributed by atoms with Crippen molar-refractivity contribution < 1.29 is 0 Å². The van der Waals surface area contributed by atoms with Gasteiger partial charge in [-0.1, -0.05) is 11.6 Å². The molecule has 0 amide bonds. The molecule has 0 aliphatic rings. The summed E-state index contributed by atoms with van der Waals surface area (Å²) in [7, 11) is 0. The van der Waals surface area contributed by atoms with Crippen molar-refractivity contribution in [1.29, 1.82) is 0 Å². The Morgan fingerprint density at radius 3 is 2.53 bits per heavy atom. The fourth-order valence-electron chi connectivity index (χ4n) is 3.24. The van der Waals surface area contributed by atoms with E-state index in [9.17, 15) is 4.79 Å². The Balaban J connectivity index is 1.66. The zero-order valence-electron chi connectivity index (χ0n) is 16.3. The molecule has 0 saturated heterocycles. The van der Waals surface area contributed by atoms with Crippen LogP contribution in [0.5, 0.6) is 0 Å². The van der Waals surface area contributed by atoms with Gasteiger partial charge in [0.2, 0.25) is 0 Å². The van der Waals surface area contributed by atoms with Crippen molar-refractivity contribution in [2.24, 2.45) is 4.99 Å². The average molecular weight is 617 g/mol. The second-order valence-corrected chi connectivity index (χ2v) is 9.81. The Labute approximate surface area is 207 Å². The van der Waals surface area contributed by atoms with Crippen LogP contribution in [0.4, 0.5) is 5.69 Å². The molecule has 0 aliphatic carbocycles. The number of halogens is 2. The second kappa shape index (κ2) is 9.07. The van der Waals surface area contributed by atoms with Crippen molar-refractivity contribution in [2.75, 3.05) is 0 Å². The molecule has 6 nitrogen and oxygen atoms in total. The molecule has 5 aromatic rings. The molecule has 0 atom stereocenters. The van der Waals surface area contributed by atoms with Gasteiger partial charge in [0.05, 0.1) is 0 Å². The summed E-state index contributed by atoms with van der Waals surface area (Å²) in [6.45, 7) is 0. The van der Waals surface area contributed by atoms with E-state index in [-0.39, 0.29) is 20.3 Å². The van der Waals surface area contributed by atoms with E-state index < -0.39 is 0 Å². The fraction of sp³-hybridized carbons (Fsp3) is 0. The number of aliphatic imine (C=N–C) groups is 1. The molecule has 156 valence electrons. The Morgan fingerprint density at radius 2 is 1.81 bits per heavy atom. The summed E-state index contributed by atoms with van der Waals surface area (Å²) in [5.74, 6) is 0.439. The third-order valence-electron chi connectivity index (χ3n) is 4.79. The van der Waals surface area contributed by atoms with Crippen molar-refractivity contribution in [3.05, 3.63) is 96.4 Å². The zero-order valence-corrected chi connectivity index (χ0v) is 20.9. The van der Waals surface area contributed by atoms with Crippen LogP contribution in [0.2, 0.25) is 5.02 Å². The van der Waals surface area contributed by atoms with E-state index in [1.807, 2.05) is 59.5 Å². The first-order valence-corrected chi connectivity index (χ1v) is 12.7. The summed E-state index contributed by atoms with van der Waals surface area (Å²) < 4.78 is 6.60. The molecule has 0 saturated carbocycles. The first kappa shape index (κ1) is 21.2. The van der Waals surface area contributed by atoms with Crippen LogP contribution < -0.4 is 5.56 Å². The molecule has 0 radical (unpaired) electrons. The van der Waals surface area contributed by atoms with Crippen molar-refractivity contribution in [2.45, 2.75) is 0 Å². The molecule has 9 heteroatoms. The first-order valence-electron chi connectivity index (χ1n) is 9.48. The number of hydrogen-bond acceptors (Lipinski definition) is 5. The summed E-state index contributed by atoms with van der Waals surface area (Å²) in [6.07, 6.45) is 1.60. The molecule has 0 aliphatic heterocycles. The second-order valence-electron chi connectivity index (χ2n) is 6.84. The Hall–Kier alpha value is -2.65. The predicted octanol–water partition coefficient (Wildman–Crippen LogP) is 4.91. The minimum absolute atomic E-state index is 0.0651. The van der Waals surface area contributed by atoms with E-state index >= 15 is 0 Å². The van der Waals surface area contributed by atoms with Gasteiger partial charge >= 0.3 is 180 Å². The van der Waals surface area contributed by atoms with Crippen molar-refractivity contribution in [3.63, 3.8) is 0 Å². The van der Waals surface area contributed by atoms with Crippen LogP contribution in [-0.4, -0.2) is 39.7 Å². The van der Waals surface area contributed by atoms with Crippen molar-refractivity contribution >= 4 is 71.7 Å². The average Bonchev–Trinajstić information content (AvgIpc) is 3.35. The van der Waals surface area contributed by atoms with Gasteiger partial charge in [0, 0.05) is 5.02 Å². The fourth-order valence-corrected chi connectivity index (χ4v) is 4.84. The van der Waals surface area contributed by atoms with Crippen LogP contribution in [0.25, 0.3) is 27.8 Å². The van der Waals surface area contributed by atoms with Gasteiger partial charge in [-0.3, -0.25) is 0 Å². The number of nitrogens with zero attached hydrogens (tertiary/aromatic N) is 5. The van der Waals surface area contributed by atoms with Gasteiger partial charge in [0.15, 0.2) is 0 Å². The van der Waals surface area contributed by atoms with Gasteiger partial charge < -0.3 is 0 Å². The minimum atomic E-state index is -0.151. The molecule has 0 fully saturated rings. The van der Waals surface area contributed by atoms with E-state index in [4.69, 9.17) is 16.6 Å². The monoisotopic (exact) mass is 617 g/mol. The first-order chi connectivity index (χ1) is 15.6. The number of fused-ring (bicyclic) bond motifs is 1. The molecule has 3 aromatic carbocycles. The summed E-state index contributed by atoms with van der Waals surface area (Å²) in [4.78, 5) is 24.8. The number of hydrogen-bond donors (Lipinski definition) is 0. The van der Waals surface area contributed by atoms with Gasteiger partial charge in [-0.15, -0.1) is 0 Å². The molecule has 5 rings (SSSR count). The third kappa shape index (κ3) is 4.31. The molecule has 0 bridgehead atoms. The maximum atomic E-state index is 13.5. The summed E-state index contributed by atoms with van der Waals surface area (Å²) in [5, 5.41) is 5.36. The number of aromatic nitrogens is 4. The van der Waals surface area contributed by atoms with E-state index in [1.54, 1.807) is 22.9 Å². The summed E-state index contributed by atoms with van der Waals surface area (Å²) >= 11 is 8.23. The van der Waals surface area contributed by atoms with Crippen LogP contribution in [0, 0.1) is 3.57 Å². The van der Waals surface area contributed by atoms with Crippen LogP contribution in [0.3, 0.4) is 0 Å². The van der Waals surface area contributed by atoms with Crippen LogP contribution in [0.15, 0.2) is 81.5 Å². The maximum absolute atomic E-state index is 13.5. The van der Waals surface area contributed by atoms with Crippen LogP contribution >= 0.6 is 34.2 Å². The molecule has 0 unspecified atom stereocenters. The van der Waals surface area contributed by atoms with E-state index in [1.165, 1.54) is 0 Å².